The van der Waals surface area contributed by atoms with Crippen molar-refractivity contribution in [3.05, 3.63) is 11.8 Å². The van der Waals surface area contributed by atoms with E-state index in [0.717, 1.165) is 45.7 Å². The van der Waals surface area contributed by atoms with E-state index < -0.39 is 6.17 Å². The van der Waals surface area contributed by atoms with E-state index in [1.165, 1.54) is 0 Å². The van der Waals surface area contributed by atoms with Crippen LogP contribution in [0.4, 0.5) is 4.39 Å². The van der Waals surface area contributed by atoms with Crippen LogP contribution in [0.3, 0.4) is 0 Å². The van der Waals surface area contributed by atoms with E-state index in [1.807, 2.05) is 25.7 Å². The van der Waals surface area contributed by atoms with Crippen molar-refractivity contribution in [2.75, 3.05) is 45.8 Å². The predicted octanol–water partition coefficient (Wildman–Crippen LogP) is 3.70. The minimum absolute atomic E-state index is 0.0353. The molecule has 0 saturated carbocycles. The van der Waals surface area contributed by atoms with Crippen LogP contribution in [0, 0.1) is 0 Å². The van der Waals surface area contributed by atoms with Gasteiger partial charge in [-0.3, -0.25) is 9.69 Å². The first kappa shape index (κ1) is 24.9. The molecule has 6 heteroatoms. The van der Waals surface area contributed by atoms with Gasteiger partial charge in [-0.25, -0.2) is 4.39 Å². The quantitative estimate of drug-likeness (QED) is 0.370. The lowest BCUT2D eigenvalue weighted by Gasteiger charge is -2.31. The van der Waals surface area contributed by atoms with E-state index in [0.29, 0.717) is 31.2 Å². The highest BCUT2D eigenvalue weighted by Crippen LogP contribution is 2.15. The molecule has 1 amide bonds. The maximum absolute atomic E-state index is 13.3. The molecule has 0 aliphatic carbocycles. The first-order valence-corrected chi connectivity index (χ1v) is 11.0. The Morgan fingerprint density at radius 3 is 2.32 bits per heavy atom. The smallest absolute Gasteiger partial charge is 0.288 e. The van der Waals surface area contributed by atoms with E-state index in [9.17, 15) is 9.18 Å². The Hall–Kier alpha value is -1.14. The zero-order valence-electron chi connectivity index (χ0n) is 18.9. The lowest BCUT2D eigenvalue weighted by Crippen LogP contribution is -2.41. The Bertz CT molecular complexity index is 476. The lowest BCUT2D eigenvalue weighted by atomic mass is 10.1. The molecule has 1 rings (SSSR count). The SMILES string of the molecule is C/C=C(\OC(C)CN1CCC(F)CC1)C(=O)N(CC)CCCN(CC)C(C)C. The number of hydrogen-bond donors (Lipinski definition) is 0. The van der Waals surface area contributed by atoms with Crippen molar-refractivity contribution in [1.82, 2.24) is 14.7 Å². The number of halogens is 1. The minimum atomic E-state index is -0.669. The molecule has 1 heterocycles. The number of likely N-dealkylation sites (N-methyl/N-ethyl adjacent to an activating group) is 1. The van der Waals surface area contributed by atoms with E-state index in [4.69, 9.17) is 4.74 Å². The fourth-order valence-electron chi connectivity index (χ4n) is 3.75. The van der Waals surface area contributed by atoms with Gasteiger partial charge in [0.05, 0.1) is 0 Å². The molecular weight excluding hydrogens is 357 g/mol. The summed E-state index contributed by atoms with van der Waals surface area (Å²) in [6, 6.07) is 0.522. The van der Waals surface area contributed by atoms with E-state index in [1.54, 1.807) is 6.08 Å². The van der Waals surface area contributed by atoms with Crippen LogP contribution in [0.15, 0.2) is 11.8 Å². The molecule has 1 aliphatic rings. The van der Waals surface area contributed by atoms with Crippen molar-refractivity contribution >= 4 is 5.91 Å². The third kappa shape index (κ3) is 8.48. The second-order valence-electron chi connectivity index (χ2n) is 8.02. The maximum atomic E-state index is 13.3. The second kappa shape index (κ2) is 13.2. The number of piperidine rings is 1. The number of rotatable bonds is 12. The summed E-state index contributed by atoms with van der Waals surface area (Å²) >= 11 is 0. The maximum Gasteiger partial charge on any atom is 0.288 e. The van der Waals surface area contributed by atoms with Crippen LogP contribution in [0.1, 0.15) is 60.8 Å². The minimum Gasteiger partial charge on any atom is -0.484 e. The molecule has 0 N–H and O–H groups in total. The highest BCUT2D eigenvalue weighted by atomic mass is 19.1. The van der Waals surface area contributed by atoms with Gasteiger partial charge in [0.15, 0.2) is 5.76 Å². The number of ether oxygens (including phenoxy) is 1. The van der Waals surface area contributed by atoms with Crippen molar-refractivity contribution in [1.29, 1.82) is 0 Å². The second-order valence-corrected chi connectivity index (χ2v) is 8.02. The van der Waals surface area contributed by atoms with E-state index in [2.05, 4.69) is 30.6 Å². The normalized spacial score (nSPS) is 18.0. The molecule has 0 aromatic heterocycles. The number of amides is 1. The van der Waals surface area contributed by atoms with E-state index >= 15 is 0 Å². The first-order chi connectivity index (χ1) is 13.3. The highest BCUT2D eigenvalue weighted by Gasteiger charge is 2.23. The van der Waals surface area contributed by atoms with Gasteiger partial charge in [0.2, 0.25) is 0 Å². The molecule has 0 radical (unpaired) electrons. The van der Waals surface area contributed by atoms with Gasteiger partial charge in [-0.2, -0.15) is 0 Å². The number of carbonyl (C=O) groups is 1. The number of alkyl halides is 1. The molecule has 0 bridgehead atoms. The molecular formula is C22H42FN3O2. The molecule has 1 saturated heterocycles. The highest BCUT2D eigenvalue weighted by molar-refractivity contribution is 5.91. The Balaban J connectivity index is 2.50. The van der Waals surface area contributed by atoms with Crippen LogP contribution >= 0.6 is 0 Å². The molecule has 1 unspecified atom stereocenters. The standard InChI is InChI=1S/C22H42FN3O2/c1-7-21(28-19(6)17-24-15-11-20(23)12-16-24)22(27)26(9-3)14-10-13-25(8-2)18(4)5/h7,18-20H,8-17H2,1-6H3/b21-7-. The van der Waals surface area contributed by atoms with Crippen molar-refractivity contribution in [2.45, 2.75) is 79.1 Å². The molecule has 1 fully saturated rings. The molecule has 164 valence electrons. The lowest BCUT2D eigenvalue weighted by molar-refractivity contribution is -0.132. The molecule has 0 aromatic carbocycles. The topological polar surface area (TPSA) is 36.0 Å². The van der Waals surface area contributed by atoms with Crippen LogP contribution in [0.5, 0.6) is 0 Å². The summed E-state index contributed by atoms with van der Waals surface area (Å²) in [6.07, 6.45) is 3.14. The van der Waals surface area contributed by atoms with Crippen LogP contribution in [-0.2, 0) is 9.53 Å². The Morgan fingerprint density at radius 2 is 1.82 bits per heavy atom. The predicted molar refractivity (Wildman–Crippen MR) is 114 cm³/mol. The average Bonchev–Trinajstić information content (AvgIpc) is 2.67. The largest absolute Gasteiger partial charge is 0.484 e. The van der Waals surface area contributed by atoms with Gasteiger partial charge in [0, 0.05) is 45.3 Å². The fraction of sp³-hybridized carbons (Fsp3) is 0.864. The molecule has 28 heavy (non-hydrogen) atoms. The zero-order valence-corrected chi connectivity index (χ0v) is 18.9. The third-order valence-electron chi connectivity index (χ3n) is 5.51. The molecule has 5 nitrogen and oxygen atoms in total. The Kier molecular flexibility index (Phi) is 11.7. The van der Waals surface area contributed by atoms with Crippen molar-refractivity contribution in [3.63, 3.8) is 0 Å². The van der Waals surface area contributed by atoms with Crippen molar-refractivity contribution in [3.8, 4) is 0 Å². The number of allylic oxidation sites excluding steroid dienone is 1. The van der Waals surface area contributed by atoms with Crippen molar-refractivity contribution in [2.24, 2.45) is 0 Å². The van der Waals surface area contributed by atoms with Crippen LogP contribution in [0.25, 0.3) is 0 Å². The van der Waals surface area contributed by atoms with Gasteiger partial charge in [-0.1, -0.05) is 6.92 Å². The van der Waals surface area contributed by atoms with Gasteiger partial charge in [-0.05, 0) is 66.5 Å². The van der Waals surface area contributed by atoms with Gasteiger partial charge in [-0.15, -0.1) is 0 Å². The monoisotopic (exact) mass is 399 g/mol. The molecule has 0 aromatic rings. The summed E-state index contributed by atoms with van der Waals surface area (Å²) in [4.78, 5) is 19.4. The fourth-order valence-corrected chi connectivity index (χ4v) is 3.75. The molecule has 1 aliphatic heterocycles. The number of carbonyl (C=O) groups excluding carboxylic acids is 1. The first-order valence-electron chi connectivity index (χ1n) is 11.0. The van der Waals surface area contributed by atoms with Gasteiger partial charge in [0.1, 0.15) is 12.3 Å². The van der Waals surface area contributed by atoms with Crippen LogP contribution in [0.2, 0.25) is 0 Å². The van der Waals surface area contributed by atoms with E-state index in [-0.39, 0.29) is 12.0 Å². The summed E-state index contributed by atoms with van der Waals surface area (Å²) in [5, 5.41) is 0. The third-order valence-corrected chi connectivity index (χ3v) is 5.51. The van der Waals surface area contributed by atoms with Crippen LogP contribution < -0.4 is 0 Å². The van der Waals surface area contributed by atoms with Crippen molar-refractivity contribution < 1.29 is 13.9 Å². The number of nitrogens with zero attached hydrogens (tertiary/aromatic N) is 3. The van der Waals surface area contributed by atoms with Crippen LogP contribution in [-0.4, -0.2) is 84.7 Å². The summed E-state index contributed by atoms with van der Waals surface area (Å²) in [5.74, 6) is 0.387. The van der Waals surface area contributed by atoms with Gasteiger partial charge >= 0.3 is 0 Å². The average molecular weight is 400 g/mol. The molecule has 0 spiro atoms. The number of hydrogen-bond acceptors (Lipinski definition) is 4. The summed E-state index contributed by atoms with van der Waals surface area (Å²) < 4.78 is 19.3. The zero-order chi connectivity index (χ0) is 21.1. The number of likely N-dealkylation sites (tertiary alicyclic amines) is 1. The van der Waals surface area contributed by atoms with Gasteiger partial charge < -0.3 is 14.5 Å². The summed E-state index contributed by atoms with van der Waals surface area (Å²) in [5.41, 5.74) is 0. The molecule has 1 atom stereocenters. The summed E-state index contributed by atoms with van der Waals surface area (Å²) in [7, 11) is 0. The van der Waals surface area contributed by atoms with Gasteiger partial charge in [0.25, 0.3) is 5.91 Å². The Morgan fingerprint density at radius 1 is 1.18 bits per heavy atom. The Labute approximate surface area is 171 Å². The summed E-state index contributed by atoms with van der Waals surface area (Å²) in [6.45, 7) is 18.1.